The number of anilines is 2. The molecule has 0 atom stereocenters. The number of benzene rings is 1. The zero-order valence-electron chi connectivity index (χ0n) is 12.1. The zero-order valence-corrected chi connectivity index (χ0v) is 12.1. The maximum atomic E-state index is 5.52. The van der Waals surface area contributed by atoms with Crippen LogP contribution in [0.5, 0.6) is 0 Å². The largest absolute Gasteiger partial charge is 0.406 e. The van der Waals surface area contributed by atoms with Crippen LogP contribution >= 0.6 is 0 Å². The quantitative estimate of drug-likeness (QED) is 0.723. The molecule has 0 spiro atoms. The van der Waals surface area contributed by atoms with Crippen LogP contribution in [0.25, 0.3) is 0 Å². The van der Waals surface area contributed by atoms with Gasteiger partial charge in [-0.2, -0.15) is 0 Å². The van der Waals surface area contributed by atoms with Gasteiger partial charge in [0, 0.05) is 5.69 Å². The highest BCUT2D eigenvalue weighted by molar-refractivity contribution is 5.52. The second kappa shape index (κ2) is 7.65. The maximum absolute atomic E-state index is 5.52. The van der Waals surface area contributed by atoms with E-state index in [0.717, 1.165) is 31.5 Å². The summed E-state index contributed by atoms with van der Waals surface area (Å²) >= 11 is 0. The van der Waals surface area contributed by atoms with E-state index >= 15 is 0 Å². The Morgan fingerprint density at radius 3 is 2.55 bits per heavy atom. The first-order valence-corrected chi connectivity index (χ1v) is 7.21. The van der Waals surface area contributed by atoms with E-state index in [-0.39, 0.29) is 0 Å². The van der Waals surface area contributed by atoms with Gasteiger partial charge in [-0.05, 0) is 37.1 Å². The summed E-state index contributed by atoms with van der Waals surface area (Å²) in [6.45, 7) is 5.86. The molecule has 0 unspecified atom stereocenters. The molecule has 5 nitrogen and oxygen atoms in total. The third-order valence-electron chi connectivity index (χ3n) is 2.91. The number of hydrogen-bond acceptors (Lipinski definition) is 5. The fourth-order valence-corrected chi connectivity index (χ4v) is 1.91. The van der Waals surface area contributed by atoms with Crippen molar-refractivity contribution in [2.45, 2.75) is 39.7 Å². The molecule has 0 amide bonds. The van der Waals surface area contributed by atoms with E-state index in [9.17, 15) is 0 Å². The van der Waals surface area contributed by atoms with Crippen LogP contribution in [0.4, 0.5) is 11.7 Å². The van der Waals surface area contributed by atoms with Crippen LogP contribution in [0.3, 0.4) is 0 Å². The summed E-state index contributed by atoms with van der Waals surface area (Å²) in [5.74, 6) is 0.601. The predicted octanol–water partition coefficient (Wildman–Crippen LogP) is 3.27. The summed E-state index contributed by atoms with van der Waals surface area (Å²) in [6.07, 6.45) is 3.35. The zero-order chi connectivity index (χ0) is 14.2. The van der Waals surface area contributed by atoms with Crippen molar-refractivity contribution in [2.24, 2.45) is 0 Å². The third kappa shape index (κ3) is 4.35. The Bertz CT molecular complexity index is 507. The van der Waals surface area contributed by atoms with Crippen LogP contribution in [0.15, 0.2) is 28.7 Å². The molecule has 108 valence electrons. The van der Waals surface area contributed by atoms with Crippen molar-refractivity contribution >= 4 is 11.7 Å². The minimum atomic E-state index is 0.432. The van der Waals surface area contributed by atoms with Crippen LogP contribution in [0.1, 0.15) is 38.1 Å². The van der Waals surface area contributed by atoms with Gasteiger partial charge in [-0.3, -0.25) is 0 Å². The number of nitrogens with zero attached hydrogens (tertiary/aromatic N) is 2. The molecule has 2 aromatic rings. The van der Waals surface area contributed by atoms with Gasteiger partial charge in [0.2, 0.25) is 5.89 Å². The molecule has 0 saturated carbocycles. The van der Waals surface area contributed by atoms with Gasteiger partial charge in [0.15, 0.2) is 0 Å². The smallest absolute Gasteiger partial charge is 0.320 e. The normalized spacial score (nSPS) is 10.7. The highest BCUT2D eigenvalue weighted by atomic mass is 16.4. The van der Waals surface area contributed by atoms with E-state index in [1.54, 1.807) is 0 Å². The summed E-state index contributed by atoms with van der Waals surface area (Å²) < 4.78 is 5.52. The Labute approximate surface area is 119 Å². The van der Waals surface area contributed by atoms with Crippen LogP contribution in [0.2, 0.25) is 0 Å². The number of aryl methyl sites for hydroxylation is 1. The van der Waals surface area contributed by atoms with E-state index < -0.39 is 0 Å². The van der Waals surface area contributed by atoms with Crippen molar-refractivity contribution in [1.29, 1.82) is 0 Å². The number of nitrogens with one attached hydrogen (secondary N) is 2. The Hall–Kier alpha value is -1.88. The lowest BCUT2D eigenvalue weighted by molar-refractivity contribution is 0.479. The summed E-state index contributed by atoms with van der Waals surface area (Å²) in [5, 5.41) is 14.3. The van der Waals surface area contributed by atoms with Crippen molar-refractivity contribution in [1.82, 2.24) is 15.5 Å². The molecular weight excluding hydrogens is 252 g/mol. The van der Waals surface area contributed by atoms with Crippen LogP contribution in [0, 0.1) is 0 Å². The average Bonchev–Trinajstić information content (AvgIpc) is 2.89. The average molecular weight is 274 g/mol. The molecule has 0 aliphatic carbocycles. The molecule has 2 rings (SSSR count). The monoisotopic (exact) mass is 274 g/mol. The van der Waals surface area contributed by atoms with Crippen molar-refractivity contribution in [3.05, 3.63) is 35.7 Å². The van der Waals surface area contributed by atoms with Gasteiger partial charge >= 0.3 is 6.01 Å². The van der Waals surface area contributed by atoms with Crippen molar-refractivity contribution in [3.8, 4) is 0 Å². The van der Waals surface area contributed by atoms with Crippen LogP contribution < -0.4 is 10.6 Å². The highest BCUT2D eigenvalue weighted by Gasteiger charge is 2.05. The second-order valence-corrected chi connectivity index (χ2v) is 4.75. The fraction of sp³-hybridized carbons (Fsp3) is 0.467. The van der Waals surface area contributed by atoms with Crippen molar-refractivity contribution in [3.63, 3.8) is 0 Å². The molecule has 20 heavy (non-hydrogen) atoms. The van der Waals surface area contributed by atoms with Gasteiger partial charge in [0.25, 0.3) is 0 Å². The number of rotatable bonds is 8. The molecule has 0 saturated heterocycles. The van der Waals surface area contributed by atoms with Gasteiger partial charge in [0.1, 0.15) is 0 Å². The molecule has 2 N–H and O–H groups in total. The second-order valence-electron chi connectivity index (χ2n) is 4.75. The lowest BCUT2D eigenvalue weighted by Crippen LogP contribution is -2.13. The summed E-state index contributed by atoms with van der Waals surface area (Å²) in [4.78, 5) is 0. The Morgan fingerprint density at radius 2 is 1.85 bits per heavy atom. The molecule has 1 aromatic heterocycles. The molecule has 0 aliphatic rings. The Morgan fingerprint density at radius 1 is 1.05 bits per heavy atom. The Balaban J connectivity index is 1.89. The molecule has 0 fully saturated rings. The Kier molecular flexibility index (Phi) is 5.55. The van der Waals surface area contributed by atoms with Crippen LogP contribution in [-0.4, -0.2) is 16.7 Å². The minimum absolute atomic E-state index is 0.432. The molecular formula is C15H22N4O. The summed E-state index contributed by atoms with van der Waals surface area (Å²) in [6, 6.07) is 8.73. The third-order valence-corrected chi connectivity index (χ3v) is 2.91. The lowest BCUT2D eigenvalue weighted by Gasteiger charge is -2.03. The highest BCUT2D eigenvalue weighted by Crippen LogP contribution is 2.16. The topological polar surface area (TPSA) is 63.0 Å². The van der Waals surface area contributed by atoms with Crippen molar-refractivity contribution < 1.29 is 4.42 Å². The van der Waals surface area contributed by atoms with E-state index in [2.05, 4.69) is 46.8 Å². The molecule has 0 bridgehead atoms. The maximum Gasteiger partial charge on any atom is 0.320 e. The molecule has 0 aliphatic heterocycles. The van der Waals surface area contributed by atoms with Gasteiger partial charge in [-0.15, -0.1) is 5.10 Å². The SMILES string of the molecule is CCCNCc1nnc(Nc2ccc(CCC)cc2)o1. The lowest BCUT2D eigenvalue weighted by atomic mass is 10.1. The first kappa shape index (κ1) is 14.5. The van der Waals surface area contributed by atoms with E-state index in [1.165, 1.54) is 5.56 Å². The number of aromatic nitrogens is 2. The molecule has 0 radical (unpaired) electrons. The van der Waals surface area contributed by atoms with E-state index in [0.29, 0.717) is 18.5 Å². The van der Waals surface area contributed by atoms with Gasteiger partial charge < -0.3 is 15.1 Å². The molecule has 1 aromatic carbocycles. The first-order chi connectivity index (χ1) is 9.81. The number of hydrogen-bond donors (Lipinski definition) is 2. The fourth-order valence-electron chi connectivity index (χ4n) is 1.91. The first-order valence-electron chi connectivity index (χ1n) is 7.21. The molecule has 1 heterocycles. The predicted molar refractivity (Wildman–Crippen MR) is 80.0 cm³/mol. The summed E-state index contributed by atoms with van der Waals surface area (Å²) in [7, 11) is 0. The van der Waals surface area contributed by atoms with Gasteiger partial charge in [-0.25, -0.2) is 0 Å². The van der Waals surface area contributed by atoms with Gasteiger partial charge in [-0.1, -0.05) is 37.5 Å². The van der Waals surface area contributed by atoms with Gasteiger partial charge in [0.05, 0.1) is 6.54 Å². The summed E-state index contributed by atoms with van der Waals surface area (Å²) in [5.41, 5.74) is 2.30. The molecule has 5 heteroatoms. The van der Waals surface area contributed by atoms with Crippen LogP contribution in [-0.2, 0) is 13.0 Å². The standard InChI is InChI=1S/C15H22N4O/c1-3-5-12-6-8-13(9-7-12)17-15-19-18-14(20-15)11-16-10-4-2/h6-9,16H,3-5,10-11H2,1-2H3,(H,17,19). The minimum Gasteiger partial charge on any atom is -0.406 e. The van der Waals surface area contributed by atoms with E-state index in [1.807, 2.05) is 12.1 Å². The van der Waals surface area contributed by atoms with E-state index in [4.69, 9.17) is 4.42 Å². The van der Waals surface area contributed by atoms with Crippen molar-refractivity contribution in [2.75, 3.05) is 11.9 Å².